The van der Waals surface area contributed by atoms with Crippen LogP contribution < -0.4 is 10.6 Å². The molecule has 0 aromatic heterocycles. The van der Waals surface area contributed by atoms with Crippen LogP contribution in [0.3, 0.4) is 0 Å². The maximum Gasteiger partial charge on any atom is 0.257 e. The minimum Gasteiger partial charge on any atom is -0.352 e. The highest BCUT2D eigenvalue weighted by molar-refractivity contribution is 7.91. The summed E-state index contributed by atoms with van der Waals surface area (Å²) < 4.78 is 66.7. The van der Waals surface area contributed by atoms with Crippen LogP contribution in [0.4, 0.5) is 8.78 Å². The van der Waals surface area contributed by atoms with Crippen LogP contribution in [0.1, 0.15) is 55.5 Å². The number of hydrogen-bond donors (Lipinski definition) is 2. The lowest BCUT2D eigenvalue weighted by atomic mass is 9.91. The topological polar surface area (TPSA) is 93.7 Å². The van der Waals surface area contributed by atoms with Crippen molar-refractivity contribution >= 4 is 33.1 Å². The molecule has 2 N–H and O–H groups in total. The van der Waals surface area contributed by atoms with Crippen molar-refractivity contribution in [1.29, 1.82) is 0 Å². The van der Waals surface area contributed by atoms with Crippen molar-refractivity contribution < 1.29 is 31.5 Å². The fourth-order valence-corrected chi connectivity index (χ4v) is 5.43. The number of ether oxygens (including phenoxy) is 2. The highest BCUT2D eigenvalue weighted by atomic mass is 32.2. The van der Waals surface area contributed by atoms with E-state index in [0.29, 0.717) is 18.8 Å². The smallest absolute Gasteiger partial charge is 0.257 e. The summed E-state index contributed by atoms with van der Waals surface area (Å²) in [6.45, 7) is 7.39. The molecule has 1 fully saturated rings. The third-order valence-corrected chi connectivity index (χ3v) is 7.87. The summed E-state index contributed by atoms with van der Waals surface area (Å²) in [4.78, 5) is 12.5. The van der Waals surface area contributed by atoms with Gasteiger partial charge in [-0.2, -0.15) is 0 Å². The molecule has 0 aliphatic carbocycles. The van der Waals surface area contributed by atoms with Gasteiger partial charge in [0.25, 0.3) is 5.91 Å². The molecular weight excluding hydrogens is 510 g/mol. The number of benzene rings is 2. The number of rotatable bonds is 7. The van der Waals surface area contributed by atoms with Crippen molar-refractivity contribution in [3.8, 4) is 0 Å². The molecule has 1 amide bonds. The summed E-state index contributed by atoms with van der Waals surface area (Å²) in [5.74, 6) is -3.83. The average molecular weight is 541 g/mol. The Balaban J connectivity index is 1.96. The summed E-state index contributed by atoms with van der Waals surface area (Å²) in [5.41, 5.74) is -1.75. The van der Waals surface area contributed by atoms with Gasteiger partial charge in [0.1, 0.15) is 0 Å². The molecule has 11 heteroatoms. The van der Waals surface area contributed by atoms with Gasteiger partial charge in [-0.15, -0.1) is 0 Å². The molecule has 0 spiro atoms. The second-order valence-corrected chi connectivity index (χ2v) is 12.5. The van der Waals surface area contributed by atoms with E-state index in [9.17, 15) is 17.6 Å². The van der Waals surface area contributed by atoms with Gasteiger partial charge in [-0.3, -0.25) is 10.1 Å². The number of thiocarbonyl (C=S) groups is 1. The monoisotopic (exact) mass is 540 g/mol. The van der Waals surface area contributed by atoms with Crippen molar-refractivity contribution in [2.24, 2.45) is 5.41 Å². The minimum atomic E-state index is -3.72. The fraction of sp³-hybridized carbons (Fsp3) is 0.440. The average Bonchev–Trinajstić information content (AvgIpc) is 2.80. The van der Waals surface area contributed by atoms with E-state index in [0.717, 1.165) is 6.07 Å². The highest BCUT2D eigenvalue weighted by Crippen LogP contribution is 2.35. The maximum absolute atomic E-state index is 15.2. The van der Waals surface area contributed by atoms with E-state index < -0.39 is 45.0 Å². The van der Waals surface area contributed by atoms with E-state index in [1.165, 1.54) is 19.9 Å². The highest BCUT2D eigenvalue weighted by Gasteiger charge is 2.38. The summed E-state index contributed by atoms with van der Waals surface area (Å²) in [5, 5.41) is 4.97. The molecule has 0 unspecified atom stereocenters. The largest absolute Gasteiger partial charge is 0.352 e. The van der Waals surface area contributed by atoms with Gasteiger partial charge in [-0.1, -0.05) is 39.0 Å². The van der Waals surface area contributed by atoms with Gasteiger partial charge in [0.05, 0.1) is 24.5 Å². The number of sulfone groups is 1. The van der Waals surface area contributed by atoms with Crippen LogP contribution in [-0.4, -0.2) is 44.2 Å². The predicted molar refractivity (Wildman–Crippen MR) is 136 cm³/mol. The van der Waals surface area contributed by atoms with Crippen molar-refractivity contribution in [2.45, 2.75) is 39.5 Å². The molecule has 2 aromatic rings. The summed E-state index contributed by atoms with van der Waals surface area (Å²) in [6.07, 6.45) is -0.955. The van der Waals surface area contributed by atoms with Crippen molar-refractivity contribution in [1.82, 2.24) is 10.6 Å². The molecule has 36 heavy (non-hydrogen) atoms. The first kappa shape index (κ1) is 28.1. The molecular formula is C25H30F2N2O5S2. The van der Waals surface area contributed by atoms with Gasteiger partial charge >= 0.3 is 0 Å². The number of carbonyl (C=O) groups excluding carboxylic acids is 1. The van der Waals surface area contributed by atoms with E-state index in [-0.39, 0.29) is 27.4 Å². The molecule has 1 aliphatic rings. The van der Waals surface area contributed by atoms with E-state index in [1.807, 2.05) is 13.8 Å². The van der Waals surface area contributed by atoms with E-state index >= 15 is 4.39 Å². The van der Waals surface area contributed by atoms with Gasteiger partial charge in [0, 0.05) is 27.9 Å². The van der Waals surface area contributed by atoms with Crippen LogP contribution in [0.2, 0.25) is 0 Å². The summed E-state index contributed by atoms with van der Waals surface area (Å²) >= 11 is 5.26. The van der Waals surface area contributed by atoms with E-state index in [1.54, 1.807) is 30.3 Å². The second kappa shape index (κ2) is 10.9. The molecule has 7 nitrogen and oxygen atoms in total. The molecule has 0 bridgehead atoms. The number of nitrogens with one attached hydrogen (secondary N) is 2. The number of halogens is 2. The minimum absolute atomic E-state index is 0.195. The quantitative estimate of drug-likeness (QED) is 0.513. The zero-order valence-electron chi connectivity index (χ0n) is 20.6. The molecule has 1 atom stereocenters. The second-order valence-electron chi connectivity index (χ2n) is 9.77. The Hall–Kier alpha value is -2.47. The molecule has 1 aliphatic heterocycles. The molecule has 1 saturated heterocycles. The van der Waals surface area contributed by atoms with Crippen LogP contribution >= 0.6 is 12.2 Å². The molecule has 0 radical (unpaired) electrons. The Labute approximate surface area is 215 Å². The van der Waals surface area contributed by atoms with Crippen molar-refractivity contribution in [2.75, 3.05) is 24.7 Å². The lowest BCUT2D eigenvalue weighted by Crippen LogP contribution is -2.53. The molecule has 196 valence electrons. The van der Waals surface area contributed by atoms with Gasteiger partial charge in [0.15, 0.2) is 32.9 Å². The summed E-state index contributed by atoms with van der Waals surface area (Å²) in [7, 11) is -3.72. The van der Waals surface area contributed by atoms with Crippen molar-refractivity contribution in [3.63, 3.8) is 0 Å². The SMILES string of the molecule is CCS(=O)(=O)C[C@](C)(NC(=S)NC(=O)c1ccccc1)c1cc(C2OCC(C)(C)CO2)cc(F)c1F. The third kappa shape index (κ3) is 6.84. The van der Waals surface area contributed by atoms with Crippen LogP contribution in [0.15, 0.2) is 42.5 Å². The Morgan fingerprint density at radius 1 is 1.17 bits per heavy atom. The Bertz CT molecular complexity index is 1230. The van der Waals surface area contributed by atoms with Crippen LogP contribution in [-0.2, 0) is 24.8 Å². The lowest BCUT2D eigenvalue weighted by molar-refractivity contribution is -0.226. The third-order valence-electron chi connectivity index (χ3n) is 5.77. The Morgan fingerprint density at radius 3 is 2.36 bits per heavy atom. The van der Waals surface area contributed by atoms with Crippen LogP contribution in [0, 0.1) is 17.0 Å². The molecule has 3 rings (SSSR count). The van der Waals surface area contributed by atoms with E-state index in [2.05, 4.69) is 10.6 Å². The van der Waals surface area contributed by atoms with Gasteiger partial charge in [-0.05, 0) is 43.4 Å². The van der Waals surface area contributed by atoms with E-state index in [4.69, 9.17) is 21.7 Å². The number of carbonyl (C=O) groups is 1. The maximum atomic E-state index is 15.2. The molecule has 0 saturated carbocycles. The fourth-order valence-electron chi connectivity index (χ4n) is 3.80. The van der Waals surface area contributed by atoms with Gasteiger partial charge in [0.2, 0.25) is 0 Å². The normalized spacial score (nSPS) is 17.7. The number of hydrogen-bond acceptors (Lipinski definition) is 6. The van der Waals surface area contributed by atoms with Crippen LogP contribution in [0.25, 0.3) is 0 Å². The lowest BCUT2D eigenvalue weighted by Gasteiger charge is -2.36. The van der Waals surface area contributed by atoms with Crippen LogP contribution in [0.5, 0.6) is 0 Å². The van der Waals surface area contributed by atoms with Crippen molar-refractivity contribution in [3.05, 3.63) is 70.8 Å². The Kier molecular flexibility index (Phi) is 8.49. The predicted octanol–water partition coefficient (Wildman–Crippen LogP) is 3.99. The number of amides is 1. The standard InChI is InChI=1S/C25H30F2N2O5S2/c1-5-36(31,32)15-25(4,29-23(35)28-21(30)16-9-7-6-8-10-16)18-11-17(12-19(26)20(18)27)22-33-13-24(2,3)14-34-22/h6-12,22H,5,13-15H2,1-4H3,(H2,28,29,30,35)/t25-/m0/s1. The van der Waals surface area contributed by atoms with Gasteiger partial charge < -0.3 is 14.8 Å². The zero-order chi connectivity index (χ0) is 26.7. The molecule has 1 heterocycles. The first-order valence-electron chi connectivity index (χ1n) is 11.4. The Morgan fingerprint density at radius 2 is 1.78 bits per heavy atom. The molecule has 2 aromatic carbocycles. The first-order chi connectivity index (χ1) is 16.8. The first-order valence-corrected chi connectivity index (χ1v) is 13.6. The van der Waals surface area contributed by atoms with Gasteiger partial charge in [-0.25, -0.2) is 17.2 Å². The summed E-state index contributed by atoms with van der Waals surface area (Å²) in [6, 6.07) is 10.5. The zero-order valence-corrected chi connectivity index (χ0v) is 22.2.